The van der Waals surface area contributed by atoms with Gasteiger partial charge in [-0.25, -0.2) is 4.79 Å². The molecule has 240 valence electrons. The van der Waals surface area contributed by atoms with Crippen LogP contribution >= 0.6 is 0 Å². The maximum Gasteiger partial charge on any atom is 0.333 e. The lowest BCUT2D eigenvalue weighted by molar-refractivity contribution is -0.401. The van der Waals surface area contributed by atoms with Gasteiger partial charge in [0.1, 0.15) is 12.6 Å². The van der Waals surface area contributed by atoms with Crippen LogP contribution in [0.1, 0.15) is 61.2 Å². The van der Waals surface area contributed by atoms with Gasteiger partial charge in [0.15, 0.2) is 5.71 Å². The molecule has 0 spiro atoms. The first-order chi connectivity index (χ1) is 21.6. The van der Waals surface area contributed by atoms with Gasteiger partial charge in [0.05, 0.1) is 6.42 Å². The van der Waals surface area contributed by atoms with Gasteiger partial charge < -0.3 is 10.0 Å². The normalized spacial score (nSPS) is 15.8. The molecule has 0 amide bonds. The van der Waals surface area contributed by atoms with E-state index in [9.17, 15) is 14.7 Å². The van der Waals surface area contributed by atoms with E-state index in [-0.39, 0.29) is 11.4 Å². The monoisotopic (exact) mass is 619 g/mol. The van der Waals surface area contributed by atoms with Crippen LogP contribution in [0.25, 0.3) is 5.57 Å². The highest BCUT2D eigenvalue weighted by Crippen LogP contribution is 2.41. The third kappa shape index (κ3) is 5.02. The van der Waals surface area contributed by atoms with E-state index in [0.29, 0.717) is 5.57 Å². The summed E-state index contributed by atoms with van der Waals surface area (Å²) in [5.74, 6) is -0.357. The molecule has 5 rings (SSSR count). The Bertz CT molecular complexity index is 2110. The van der Waals surface area contributed by atoms with Gasteiger partial charge in [0.25, 0.3) is 5.56 Å². The smallest absolute Gasteiger partial charge is 0.333 e. The number of rotatable bonds is 5. The van der Waals surface area contributed by atoms with Gasteiger partial charge in [-0.15, -0.1) is 0 Å². The number of hydrogen-bond acceptors (Lipinski definition) is 4. The molecule has 7 nitrogen and oxygen atoms in total. The van der Waals surface area contributed by atoms with Crippen molar-refractivity contribution in [1.82, 2.24) is 9.13 Å². The van der Waals surface area contributed by atoms with Crippen LogP contribution in [0.3, 0.4) is 0 Å². The van der Waals surface area contributed by atoms with Gasteiger partial charge in [-0.3, -0.25) is 13.9 Å². The fourth-order valence-corrected chi connectivity index (χ4v) is 7.13. The summed E-state index contributed by atoms with van der Waals surface area (Å²) >= 11 is 0. The predicted molar refractivity (Wildman–Crippen MR) is 190 cm³/mol. The average molecular weight is 620 g/mol. The van der Waals surface area contributed by atoms with Crippen molar-refractivity contribution in [2.45, 2.75) is 68.2 Å². The lowest BCUT2D eigenvalue weighted by Gasteiger charge is -2.20. The molecular formula is C39H47N4O3+. The van der Waals surface area contributed by atoms with Crippen molar-refractivity contribution < 1.29 is 9.68 Å². The van der Waals surface area contributed by atoms with E-state index < -0.39 is 11.2 Å². The van der Waals surface area contributed by atoms with E-state index >= 15 is 0 Å². The Balaban J connectivity index is 1.57. The Morgan fingerprint density at radius 1 is 0.739 bits per heavy atom. The molecule has 7 heteroatoms. The van der Waals surface area contributed by atoms with Crippen LogP contribution in [0, 0.1) is 55.4 Å². The van der Waals surface area contributed by atoms with Gasteiger partial charge in [0, 0.05) is 56.2 Å². The molecule has 2 aliphatic rings. The maximum absolute atomic E-state index is 13.4. The summed E-state index contributed by atoms with van der Waals surface area (Å²) in [4.78, 5) is 28.2. The molecule has 0 saturated carbocycles. The quantitative estimate of drug-likeness (QED) is 0.269. The number of allylic oxidation sites excluding steroid dienone is 8. The van der Waals surface area contributed by atoms with Gasteiger partial charge >= 0.3 is 5.69 Å². The number of aromatic nitrogens is 2. The third-order valence-electron chi connectivity index (χ3n) is 10.9. The van der Waals surface area contributed by atoms with E-state index in [4.69, 9.17) is 0 Å². The molecule has 0 aliphatic carbocycles. The van der Waals surface area contributed by atoms with Crippen LogP contribution in [0.15, 0.2) is 51.7 Å². The number of aromatic hydroxyl groups is 1. The van der Waals surface area contributed by atoms with Gasteiger partial charge in [-0.2, -0.15) is 4.58 Å². The number of fused-ring (bicyclic) bond motifs is 2. The van der Waals surface area contributed by atoms with Crippen LogP contribution in [0.4, 0.5) is 11.4 Å². The molecule has 1 aromatic heterocycles. The fraction of sp³-hybridized carbons (Fsp3) is 0.359. The molecule has 46 heavy (non-hydrogen) atoms. The summed E-state index contributed by atoms with van der Waals surface area (Å²) in [6.45, 7) is 17.5. The van der Waals surface area contributed by atoms with Crippen LogP contribution in [0.2, 0.25) is 0 Å². The van der Waals surface area contributed by atoms with E-state index in [2.05, 4.69) is 85.0 Å². The molecule has 3 heterocycles. The van der Waals surface area contributed by atoms with Gasteiger partial charge in [-0.1, -0.05) is 18.2 Å². The highest BCUT2D eigenvalue weighted by atomic mass is 16.3. The summed E-state index contributed by atoms with van der Waals surface area (Å²) in [5, 5.41) is 11.0. The maximum atomic E-state index is 13.4. The largest absolute Gasteiger partial charge is 0.494 e. The van der Waals surface area contributed by atoms with Crippen molar-refractivity contribution >= 4 is 22.7 Å². The molecule has 0 radical (unpaired) electrons. The first kappa shape index (κ1) is 32.7. The van der Waals surface area contributed by atoms with Crippen molar-refractivity contribution in [1.29, 1.82) is 0 Å². The zero-order valence-corrected chi connectivity index (χ0v) is 29.4. The van der Waals surface area contributed by atoms with Crippen LogP contribution in [-0.4, -0.2) is 38.6 Å². The second-order valence-corrected chi connectivity index (χ2v) is 13.0. The van der Waals surface area contributed by atoms with Crippen molar-refractivity contribution in [3.05, 3.63) is 124 Å². The Morgan fingerprint density at radius 3 is 1.98 bits per heavy atom. The molecule has 2 aromatic carbocycles. The highest BCUT2D eigenvalue weighted by molar-refractivity contribution is 5.99. The summed E-state index contributed by atoms with van der Waals surface area (Å²) in [6, 6.07) is 0. The standard InChI is InChI=1S/C39H46N4O3/c1-21-23(3)27(7)35-32(25(21)5)19-30(40(35)9)16-14-13-15-29(34-37(44)42(11)39(46)43(12)38(34)45)17-18-31-20-33-26(6)22(2)24(4)28(8)36(33)41(31)10/h13-18H,19-20H2,1-12H3/p+1. The lowest BCUT2D eigenvalue weighted by atomic mass is 9.91. The molecule has 0 fully saturated rings. The minimum absolute atomic E-state index is 0.0820. The first-order valence-electron chi connectivity index (χ1n) is 15.9. The Labute approximate surface area is 272 Å². The zero-order chi connectivity index (χ0) is 33.9. The summed E-state index contributed by atoms with van der Waals surface area (Å²) in [6.07, 6.45) is 13.3. The Kier molecular flexibility index (Phi) is 8.49. The van der Waals surface area contributed by atoms with Crippen molar-refractivity contribution in [2.75, 3.05) is 19.0 Å². The van der Waals surface area contributed by atoms with Gasteiger partial charge in [-0.05, 0) is 118 Å². The van der Waals surface area contributed by atoms with E-state index in [1.807, 2.05) is 30.4 Å². The van der Waals surface area contributed by atoms with Gasteiger partial charge in [0.2, 0.25) is 11.6 Å². The van der Waals surface area contributed by atoms with Crippen LogP contribution in [0.5, 0.6) is 5.88 Å². The van der Waals surface area contributed by atoms with E-state index in [1.54, 1.807) is 0 Å². The summed E-state index contributed by atoms with van der Waals surface area (Å²) in [7, 11) is 7.09. The third-order valence-corrected chi connectivity index (χ3v) is 10.9. The number of likely N-dealkylation sites (N-methyl/N-ethyl adjacent to an activating group) is 1. The predicted octanol–water partition coefficient (Wildman–Crippen LogP) is 6.30. The minimum Gasteiger partial charge on any atom is -0.494 e. The molecule has 3 aromatic rings. The number of nitrogens with zero attached hydrogens (tertiary/aromatic N) is 4. The SMILES string of the molecule is Cc1c(C)c(C)c2c(c1C)CC(=CC=C/C=C(/C=CC1=[N+](C)c3c(C)c(C)c(C)c(C)c3C1)c1c(O)n(C)c(=O)n(C)c1=O)N2C. The van der Waals surface area contributed by atoms with Crippen LogP contribution in [-0.2, 0) is 26.9 Å². The fourth-order valence-electron chi connectivity index (χ4n) is 7.13. The number of benzene rings is 2. The summed E-state index contributed by atoms with van der Waals surface area (Å²) < 4.78 is 4.36. The van der Waals surface area contributed by atoms with Crippen LogP contribution < -0.4 is 16.1 Å². The highest BCUT2D eigenvalue weighted by Gasteiger charge is 2.31. The summed E-state index contributed by atoms with van der Waals surface area (Å²) in [5.41, 5.74) is 17.5. The van der Waals surface area contributed by atoms with Crippen molar-refractivity contribution in [2.24, 2.45) is 14.1 Å². The Hall–Kier alpha value is -4.65. The number of anilines is 1. The van der Waals surface area contributed by atoms with E-state index in [0.717, 1.165) is 27.7 Å². The lowest BCUT2D eigenvalue weighted by Crippen LogP contribution is -2.38. The number of hydrogen-bond donors (Lipinski definition) is 1. The molecule has 0 saturated heterocycles. The zero-order valence-electron chi connectivity index (χ0n) is 29.4. The molecule has 2 aliphatic heterocycles. The molecule has 1 N–H and O–H groups in total. The molecular weight excluding hydrogens is 572 g/mol. The molecule has 0 unspecified atom stereocenters. The van der Waals surface area contributed by atoms with Crippen molar-refractivity contribution in [3.8, 4) is 5.88 Å². The minimum atomic E-state index is -0.577. The average Bonchev–Trinajstić information content (AvgIpc) is 3.55. The van der Waals surface area contributed by atoms with E-state index in [1.165, 1.54) is 86.8 Å². The second-order valence-electron chi connectivity index (χ2n) is 13.0. The Morgan fingerprint density at radius 2 is 1.33 bits per heavy atom. The molecule has 0 atom stereocenters. The topological polar surface area (TPSA) is 70.5 Å². The van der Waals surface area contributed by atoms with Crippen molar-refractivity contribution in [3.63, 3.8) is 0 Å². The second kappa shape index (κ2) is 11.9. The molecule has 0 bridgehead atoms. The first-order valence-corrected chi connectivity index (χ1v) is 15.9.